The molecular weight excluding hydrogens is 254 g/mol. The Hall–Kier alpha value is -1.41. The first kappa shape index (κ1) is 13.0. The molecule has 0 bridgehead atoms. The summed E-state index contributed by atoms with van der Waals surface area (Å²) >= 11 is 6.22. The average Bonchev–Trinajstić information content (AvgIpc) is 2.39. The van der Waals surface area contributed by atoms with Crippen LogP contribution in [0.1, 0.15) is 22.9 Å². The molecule has 0 aliphatic heterocycles. The quantitative estimate of drug-likeness (QED) is 0.692. The van der Waals surface area contributed by atoms with E-state index in [0.29, 0.717) is 12.8 Å². The van der Waals surface area contributed by atoms with Crippen molar-refractivity contribution in [3.05, 3.63) is 71.3 Å². The number of rotatable bonds is 4. The van der Waals surface area contributed by atoms with Gasteiger partial charge >= 0.3 is 0 Å². The van der Waals surface area contributed by atoms with E-state index < -0.39 is 11.6 Å². The van der Waals surface area contributed by atoms with E-state index in [4.69, 9.17) is 11.6 Å². The Morgan fingerprint density at radius 1 is 0.889 bits per heavy atom. The fourth-order valence-electron chi connectivity index (χ4n) is 1.87. The first-order valence-electron chi connectivity index (χ1n) is 5.80. The molecule has 0 heterocycles. The molecule has 3 heteroatoms. The van der Waals surface area contributed by atoms with Crippen molar-refractivity contribution in [2.45, 2.75) is 18.2 Å². The summed E-state index contributed by atoms with van der Waals surface area (Å²) in [5.41, 5.74) is 1.08. The molecule has 0 aliphatic carbocycles. The van der Waals surface area contributed by atoms with Crippen LogP contribution in [0.4, 0.5) is 8.78 Å². The number of benzene rings is 2. The molecule has 2 aromatic carbocycles. The Labute approximate surface area is 110 Å². The van der Waals surface area contributed by atoms with Gasteiger partial charge in [0.2, 0.25) is 0 Å². The van der Waals surface area contributed by atoms with Crippen molar-refractivity contribution in [1.82, 2.24) is 0 Å². The fourth-order valence-corrected chi connectivity index (χ4v) is 2.13. The molecule has 1 atom stereocenters. The highest BCUT2D eigenvalue weighted by molar-refractivity contribution is 6.20. The van der Waals surface area contributed by atoms with E-state index in [0.717, 1.165) is 5.56 Å². The van der Waals surface area contributed by atoms with Crippen LogP contribution in [0, 0.1) is 11.6 Å². The maximum atomic E-state index is 13.4. The first-order chi connectivity index (χ1) is 8.68. The van der Waals surface area contributed by atoms with Crippen LogP contribution in [-0.2, 0) is 6.42 Å². The van der Waals surface area contributed by atoms with E-state index in [-0.39, 0.29) is 10.9 Å². The first-order valence-corrected chi connectivity index (χ1v) is 6.24. The molecule has 2 aromatic rings. The second-order valence-corrected chi connectivity index (χ2v) is 4.64. The van der Waals surface area contributed by atoms with Crippen molar-refractivity contribution in [2.24, 2.45) is 0 Å². The van der Waals surface area contributed by atoms with Gasteiger partial charge in [-0.25, -0.2) is 8.78 Å². The van der Waals surface area contributed by atoms with Crippen LogP contribution < -0.4 is 0 Å². The molecule has 0 fully saturated rings. The van der Waals surface area contributed by atoms with Gasteiger partial charge in [-0.1, -0.05) is 36.4 Å². The van der Waals surface area contributed by atoms with Crippen molar-refractivity contribution >= 4 is 11.6 Å². The summed E-state index contributed by atoms with van der Waals surface area (Å²) in [6.07, 6.45) is 0.797. The van der Waals surface area contributed by atoms with E-state index >= 15 is 0 Å². The Kier molecular flexibility index (Phi) is 4.32. The van der Waals surface area contributed by atoms with E-state index in [9.17, 15) is 8.78 Å². The van der Waals surface area contributed by atoms with E-state index in [2.05, 4.69) is 0 Å². The Morgan fingerprint density at radius 3 is 2.11 bits per heavy atom. The molecule has 18 heavy (non-hydrogen) atoms. The van der Waals surface area contributed by atoms with Gasteiger partial charge in [0.1, 0.15) is 11.6 Å². The third kappa shape index (κ3) is 3.08. The van der Waals surface area contributed by atoms with E-state index in [1.54, 1.807) is 0 Å². The van der Waals surface area contributed by atoms with Crippen molar-refractivity contribution in [3.63, 3.8) is 0 Å². The van der Waals surface area contributed by atoms with Gasteiger partial charge in [0.25, 0.3) is 0 Å². The highest BCUT2D eigenvalue weighted by Crippen LogP contribution is 2.26. The van der Waals surface area contributed by atoms with Gasteiger partial charge in [-0.05, 0) is 30.5 Å². The Balaban J connectivity index is 2.04. The lowest BCUT2D eigenvalue weighted by atomic mass is 10.0. The van der Waals surface area contributed by atoms with Crippen LogP contribution in [0.3, 0.4) is 0 Å². The van der Waals surface area contributed by atoms with Crippen LogP contribution in [-0.4, -0.2) is 0 Å². The van der Waals surface area contributed by atoms with Crippen molar-refractivity contribution < 1.29 is 8.78 Å². The summed E-state index contributed by atoms with van der Waals surface area (Å²) < 4.78 is 26.8. The van der Waals surface area contributed by atoms with E-state index in [1.807, 2.05) is 30.3 Å². The SMILES string of the molecule is Fc1cccc(F)c1CCC(Cl)c1ccccc1. The van der Waals surface area contributed by atoms with Gasteiger partial charge in [0, 0.05) is 5.56 Å². The predicted octanol–water partition coefficient (Wildman–Crippen LogP) is 4.88. The largest absolute Gasteiger partial charge is 0.207 e. The molecule has 94 valence electrons. The molecule has 0 radical (unpaired) electrons. The number of hydrogen-bond acceptors (Lipinski definition) is 0. The van der Waals surface area contributed by atoms with Crippen LogP contribution in [0.5, 0.6) is 0 Å². The van der Waals surface area contributed by atoms with Gasteiger partial charge in [0.15, 0.2) is 0 Å². The maximum Gasteiger partial charge on any atom is 0.129 e. The standard InChI is InChI=1S/C15H13ClF2/c16-13(11-5-2-1-3-6-11)10-9-12-14(17)7-4-8-15(12)18/h1-8,13H,9-10H2. The van der Waals surface area contributed by atoms with Crippen LogP contribution >= 0.6 is 11.6 Å². The predicted molar refractivity (Wildman–Crippen MR) is 69.7 cm³/mol. The molecule has 0 saturated heterocycles. The van der Waals surface area contributed by atoms with Gasteiger partial charge in [-0.2, -0.15) is 0 Å². The van der Waals surface area contributed by atoms with Crippen LogP contribution in [0.25, 0.3) is 0 Å². The second-order valence-electron chi connectivity index (χ2n) is 4.12. The minimum absolute atomic E-state index is 0.110. The molecule has 2 rings (SSSR count). The monoisotopic (exact) mass is 266 g/mol. The van der Waals surface area contributed by atoms with Gasteiger partial charge in [-0.3, -0.25) is 0 Å². The lowest BCUT2D eigenvalue weighted by molar-refractivity contribution is 0.549. The van der Waals surface area contributed by atoms with Crippen molar-refractivity contribution in [1.29, 1.82) is 0 Å². The average molecular weight is 267 g/mol. The Bertz CT molecular complexity index is 491. The molecular formula is C15H13ClF2. The molecule has 0 N–H and O–H groups in total. The molecule has 0 saturated carbocycles. The zero-order valence-corrected chi connectivity index (χ0v) is 10.5. The third-order valence-corrected chi connectivity index (χ3v) is 3.34. The molecule has 0 aliphatic rings. The molecule has 0 amide bonds. The summed E-state index contributed by atoms with van der Waals surface area (Å²) in [7, 11) is 0. The molecule has 0 spiro atoms. The summed E-state index contributed by atoms with van der Waals surface area (Å²) in [5, 5.41) is -0.231. The Morgan fingerprint density at radius 2 is 1.50 bits per heavy atom. The zero-order valence-electron chi connectivity index (χ0n) is 9.74. The number of hydrogen-bond donors (Lipinski definition) is 0. The minimum atomic E-state index is -0.507. The van der Waals surface area contributed by atoms with Crippen molar-refractivity contribution in [3.8, 4) is 0 Å². The fraction of sp³-hybridized carbons (Fsp3) is 0.200. The zero-order chi connectivity index (χ0) is 13.0. The van der Waals surface area contributed by atoms with E-state index in [1.165, 1.54) is 18.2 Å². The minimum Gasteiger partial charge on any atom is -0.207 e. The molecule has 0 aromatic heterocycles. The maximum absolute atomic E-state index is 13.4. The smallest absolute Gasteiger partial charge is 0.129 e. The highest BCUT2D eigenvalue weighted by Gasteiger charge is 2.12. The lowest BCUT2D eigenvalue weighted by Gasteiger charge is -2.10. The summed E-state index contributed by atoms with van der Waals surface area (Å²) in [6, 6.07) is 13.4. The number of halogens is 3. The summed E-state index contributed by atoms with van der Waals surface area (Å²) in [5.74, 6) is -1.01. The summed E-state index contributed by atoms with van der Waals surface area (Å²) in [6.45, 7) is 0. The van der Waals surface area contributed by atoms with Crippen LogP contribution in [0.15, 0.2) is 48.5 Å². The molecule has 0 nitrogen and oxygen atoms in total. The van der Waals surface area contributed by atoms with Crippen molar-refractivity contribution in [2.75, 3.05) is 0 Å². The van der Waals surface area contributed by atoms with Gasteiger partial charge < -0.3 is 0 Å². The topological polar surface area (TPSA) is 0 Å². The lowest BCUT2D eigenvalue weighted by Crippen LogP contribution is -1.99. The van der Waals surface area contributed by atoms with Crippen LogP contribution in [0.2, 0.25) is 0 Å². The highest BCUT2D eigenvalue weighted by atomic mass is 35.5. The normalized spacial score (nSPS) is 12.4. The number of alkyl halides is 1. The third-order valence-electron chi connectivity index (χ3n) is 2.87. The molecule has 1 unspecified atom stereocenters. The summed E-state index contributed by atoms with van der Waals surface area (Å²) in [4.78, 5) is 0. The van der Waals surface area contributed by atoms with Gasteiger partial charge in [0.05, 0.1) is 5.38 Å². The van der Waals surface area contributed by atoms with Gasteiger partial charge in [-0.15, -0.1) is 11.6 Å². The second kappa shape index (κ2) is 5.96.